The fraction of sp³-hybridized carbons (Fsp3) is 0.467. The molecule has 0 saturated carbocycles. The van der Waals surface area contributed by atoms with Gasteiger partial charge in [-0.15, -0.1) is 5.11 Å². The SMILES string of the molecule is CCCC1(CC)C=C(c2ccc(C(N=NCCCCCC(=O)OCC)=NC)cc2)c2ccccc2O1. The van der Waals surface area contributed by atoms with Gasteiger partial charge in [0.2, 0.25) is 0 Å². The summed E-state index contributed by atoms with van der Waals surface area (Å²) in [6, 6.07) is 16.7. The molecule has 0 spiro atoms. The van der Waals surface area contributed by atoms with Gasteiger partial charge in [0.25, 0.3) is 0 Å². The maximum absolute atomic E-state index is 11.4. The topological polar surface area (TPSA) is 72.6 Å². The molecule has 0 radical (unpaired) electrons. The van der Waals surface area contributed by atoms with E-state index in [9.17, 15) is 4.79 Å². The van der Waals surface area contributed by atoms with E-state index in [1.807, 2.05) is 13.0 Å². The Morgan fingerprint density at radius 2 is 1.78 bits per heavy atom. The van der Waals surface area contributed by atoms with Crippen LogP contribution in [0.2, 0.25) is 0 Å². The summed E-state index contributed by atoms with van der Waals surface area (Å²) in [6.07, 6.45) is 8.35. The Morgan fingerprint density at radius 3 is 2.47 bits per heavy atom. The van der Waals surface area contributed by atoms with Crippen LogP contribution in [0.25, 0.3) is 5.57 Å². The van der Waals surface area contributed by atoms with Gasteiger partial charge < -0.3 is 9.47 Å². The standard InChI is InChI=1S/C30H39N3O3/c1-5-20-30(6-2)22-26(25-13-10-11-14-27(25)36-30)23-16-18-24(19-17-23)29(31-4)33-32-21-12-8-9-15-28(34)35-7-3/h10-11,13-14,16-19,22H,5-9,12,15,20-21H2,1-4H3. The molecule has 0 saturated heterocycles. The van der Waals surface area contributed by atoms with Gasteiger partial charge in [-0.3, -0.25) is 9.79 Å². The normalized spacial score (nSPS) is 17.4. The Bertz CT molecular complexity index is 1090. The highest BCUT2D eigenvalue weighted by Crippen LogP contribution is 2.42. The molecule has 2 aromatic rings. The van der Waals surface area contributed by atoms with Crippen molar-refractivity contribution < 1.29 is 14.3 Å². The predicted octanol–water partition coefficient (Wildman–Crippen LogP) is 7.41. The molecule has 3 rings (SSSR count). The Hall–Kier alpha value is -3.28. The van der Waals surface area contributed by atoms with Gasteiger partial charge in [0.05, 0.1) is 13.2 Å². The molecule has 0 aromatic heterocycles. The van der Waals surface area contributed by atoms with Crippen molar-refractivity contribution >= 4 is 17.4 Å². The van der Waals surface area contributed by atoms with Crippen LogP contribution < -0.4 is 4.74 Å². The van der Waals surface area contributed by atoms with Crippen LogP contribution >= 0.6 is 0 Å². The number of rotatable bonds is 12. The summed E-state index contributed by atoms with van der Waals surface area (Å²) >= 11 is 0. The number of fused-ring (bicyclic) bond motifs is 1. The number of carbonyl (C=O) groups is 1. The molecule has 1 aliphatic rings. The third kappa shape index (κ3) is 7.12. The molecule has 36 heavy (non-hydrogen) atoms. The molecule has 1 unspecified atom stereocenters. The summed E-state index contributed by atoms with van der Waals surface area (Å²) in [5.74, 6) is 1.43. The van der Waals surface area contributed by atoms with Gasteiger partial charge in [-0.2, -0.15) is 5.11 Å². The number of para-hydroxylation sites is 1. The second-order valence-corrected chi connectivity index (χ2v) is 9.03. The number of benzene rings is 2. The lowest BCUT2D eigenvalue weighted by Gasteiger charge is -2.36. The highest BCUT2D eigenvalue weighted by Gasteiger charge is 2.33. The smallest absolute Gasteiger partial charge is 0.305 e. The fourth-order valence-corrected chi connectivity index (χ4v) is 4.51. The summed E-state index contributed by atoms with van der Waals surface area (Å²) in [5, 5.41) is 8.68. The van der Waals surface area contributed by atoms with E-state index < -0.39 is 0 Å². The lowest BCUT2D eigenvalue weighted by molar-refractivity contribution is -0.143. The molecule has 6 heteroatoms. The second-order valence-electron chi connectivity index (χ2n) is 9.03. The number of hydrogen-bond donors (Lipinski definition) is 0. The largest absolute Gasteiger partial charge is 0.483 e. The van der Waals surface area contributed by atoms with E-state index in [2.05, 4.69) is 77.6 Å². The molecule has 1 heterocycles. The van der Waals surface area contributed by atoms with Gasteiger partial charge in [0.1, 0.15) is 11.4 Å². The zero-order chi connectivity index (χ0) is 25.8. The van der Waals surface area contributed by atoms with Crippen molar-refractivity contribution in [2.45, 2.75) is 71.3 Å². The second kappa shape index (κ2) is 13.7. The van der Waals surface area contributed by atoms with Crippen LogP contribution in [0.3, 0.4) is 0 Å². The van der Waals surface area contributed by atoms with Gasteiger partial charge in [0, 0.05) is 24.6 Å². The summed E-state index contributed by atoms with van der Waals surface area (Å²) in [4.78, 5) is 15.7. The molecule has 192 valence electrons. The van der Waals surface area contributed by atoms with E-state index in [-0.39, 0.29) is 11.6 Å². The molecule has 6 nitrogen and oxygen atoms in total. The van der Waals surface area contributed by atoms with E-state index in [0.29, 0.717) is 25.4 Å². The summed E-state index contributed by atoms with van der Waals surface area (Å²) in [5.41, 5.74) is 4.13. The first-order valence-corrected chi connectivity index (χ1v) is 13.2. The van der Waals surface area contributed by atoms with Crippen LogP contribution in [0.4, 0.5) is 0 Å². The van der Waals surface area contributed by atoms with Crippen LogP contribution in [0.1, 0.15) is 82.4 Å². The maximum atomic E-state index is 11.4. The number of amidine groups is 1. The highest BCUT2D eigenvalue weighted by atomic mass is 16.5. The lowest BCUT2D eigenvalue weighted by Crippen LogP contribution is -2.35. The van der Waals surface area contributed by atoms with E-state index >= 15 is 0 Å². The van der Waals surface area contributed by atoms with Crippen molar-refractivity contribution in [3.63, 3.8) is 0 Å². The van der Waals surface area contributed by atoms with Crippen LogP contribution in [-0.4, -0.2) is 37.6 Å². The van der Waals surface area contributed by atoms with Crippen LogP contribution in [0.5, 0.6) is 5.75 Å². The Kier molecular flexibility index (Phi) is 10.4. The van der Waals surface area contributed by atoms with Crippen molar-refractivity contribution in [3.05, 3.63) is 71.3 Å². The molecule has 0 bridgehead atoms. The molecule has 0 N–H and O–H groups in total. The number of nitrogens with zero attached hydrogens (tertiary/aromatic N) is 3. The number of carbonyl (C=O) groups excluding carboxylic acids is 1. The quantitative estimate of drug-likeness (QED) is 0.102. The maximum Gasteiger partial charge on any atom is 0.305 e. The number of unbranched alkanes of at least 4 members (excludes halogenated alkanes) is 2. The van der Waals surface area contributed by atoms with Crippen molar-refractivity contribution in [1.82, 2.24) is 0 Å². The van der Waals surface area contributed by atoms with Gasteiger partial charge in [-0.1, -0.05) is 69.2 Å². The van der Waals surface area contributed by atoms with Gasteiger partial charge >= 0.3 is 5.97 Å². The number of hydrogen-bond acceptors (Lipinski definition) is 5. The Balaban J connectivity index is 1.67. The average molecular weight is 490 g/mol. The average Bonchev–Trinajstić information content (AvgIpc) is 2.90. The van der Waals surface area contributed by atoms with Crippen molar-refractivity contribution in [1.29, 1.82) is 0 Å². The van der Waals surface area contributed by atoms with E-state index in [0.717, 1.165) is 61.0 Å². The van der Waals surface area contributed by atoms with E-state index in [4.69, 9.17) is 9.47 Å². The minimum atomic E-state index is -0.280. The Labute approximate surface area is 215 Å². The van der Waals surface area contributed by atoms with Crippen molar-refractivity contribution in [3.8, 4) is 5.75 Å². The zero-order valence-corrected chi connectivity index (χ0v) is 22.1. The molecule has 0 amide bonds. The van der Waals surface area contributed by atoms with Crippen LogP contribution in [0.15, 0.2) is 69.8 Å². The first kappa shape index (κ1) is 27.3. The number of esters is 1. The Morgan fingerprint density at radius 1 is 1.00 bits per heavy atom. The molecule has 0 fully saturated rings. The first-order chi connectivity index (χ1) is 17.6. The van der Waals surface area contributed by atoms with Gasteiger partial charge in [-0.05, 0) is 55.9 Å². The molecule has 0 aliphatic carbocycles. The molecule has 1 atom stereocenters. The van der Waals surface area contributed by atoms with Crippen molar-refractivity contribution in [2.75, 3.05) is 20.2 Å². The van der Waals surface area contributed by atoms with Crippen LogP contribution in [0, 0.1) is 0 Å². The molecular formula is C30H39N3O3. The monoisotopic (exact) mass is 489 g/mol. The zero-order valence-electron chi connectivity index (χ0n) is 22.1. The minimum Gasteiger partial charge on any atom is -0.483 e. The summed E-state index contributed by atoms with van der Waals surface area (Å²) < 4.78 is 11.4. The number of azo groups is 1. The third-order valence-electron chi connectivity index (χ3n) is 6.45. The van der Waals surface area contributed by atoms with E-state index in [1.165, 1.54) is 5.57 Å². The molecular weight excluding hydrogens is 450 g/mol. The third-order valence-corrected chi connectivity index (χ3v) is 6.45. The van der Waals surface area contributed by atoms with Gasteiger partial charge in [-0.25, -0.2) is 0 Å². The fourth-order valence-electron chi connectivity index (χ4n) is 4.51. The number of ether oxygens (including phenoxy) is 2. The van der Waals surface area contributed by atoms with Crippen molar-refractivity contribution in [2.24, 2.45) is 15.2 Å². The molecule has 2 aromatic carbocycles. The van der Waals surface area contributed by atoms with E-state index in [1.54, 1.807) is 7.05 Å². The molecule has 1 aliphatic heterocycles. The number of aliphatic imine (C=N–C) groups is 1. The first-order valence-electron chi connectivity index (χ1n) is 13.2. The lowest BCUT2D eigenvalue weighted by atomic mass is 9.84. The minimum absolute atomic E-state index is 0.131. The predicted molar refractivity (Wildman–Crippen MR) is 146 cm³/mol. The van der Waals surface area contributed by atoms with Gasteiger partial charge in [0.15, 0.2) is 5.84 Å². The summed E-state index contributed by atoms with van der Waals surface area (Å²) in [7, 11) is 1.74. The summed E-state index contributed by atoms with van der Waals surface area (Å²) in [6.45, 7) is 7.26. The van der Waals surface area contributed by atoms with Crippen LogP contribution in [-0.2, 0) is 9.53 Å². The highest BCUT2D eigenvalue weighted by molar-refractivity contribution is 5.99.